The summed E-state index contributed by atoms with van der Waals surface area (Å²) in [4.78, 5) is 11.2. The molecule has 0 spiro atoms. The Balaban J connectivity index is 1.91. The number of hydrogen-bond acceptors (Lipinski definition) is 3. The van der Waals surface area contributed by atoms with Gasteiger partial charge in [0.15, 0.2) is 0 Å². The van der Waals surface area contributed by atoms with Crippen LogP contribution in [0.25, 0.3) is 0 Å². The molecule has 0 amide bonds. The van der Waals surface area contributed by atoms with Crippen molar-refractivity contribution in [3.8, 4) is 0 Å². The second-order valence-corrected chi connectivity index (χ2v) is 5.25. The van der Waals surface area contributed by atoms with Gasteiger partial charge in [0.1, 0.15) is 0 Å². The lowest BCUT2D eigenvalue weighted by Crippen LogP contribution is -2.37. The molecular weight excluding hydrogens is 252 g/mol. The summed E-state index contributed by atoms with van der Waals surface area (Å²) in [6, 6.07) is 18.3. The Morgan fingerprint density at radius 2 is 1.65 bits per heavy atom. The van der Waals surface area contributed by atoms with Crippen molar-refractivity contribution in [1.29, 1.82) is 0 Å². The Kier molecular flexibility index (Phi) is 2.67. The van der Waals surface area contributed by atoms with Crippen molar-refractivity contribution >= 4 is 0 Å². The minimum absolute atomic E-state index is 0.125. The molecule has 0 saturated carbocycles. The first-order chi connectivity index (χ1) is 9.85. The lowest BCUT2D eigenvalue weighted by atomic mass is 9.80. The summed E-state index contributed by atoms with van der Waals surface area (Å²) >= 11 is 0. The van der Waals surface area contributed by atoms with Gasteiger partial charge in [-0.1, -0.05) is 61.5 Å². The molecule has 2 aromatic rings. The highest BCUT2D eigenvalue weighted by Crippen LogP contribution is 2.56. The Bertz CT molecular complexity index is 625. The summed E-state index contributed by atoms with van der Waals surface area (Å²) in [5.74, 6) is -0.700. The van der Waals surface area contributed by atoms with E-state index in [4.69, 9.17) is 14.5 Å². The molecule has 3 heteroatoms. The molecule has 4 rings (SSSR count). The van der Waals surface area contributed by atoms with E-state index in [1.54, 1.807) is 0 Å². The fraction of sp³-hybridized carbons (Fsp3) is 0.294. The first kappa shape index (κ1) is 12.1. The van der Waals surface area contributed by atoms with E-state index in [-0.39, 0.29) is 5.92 Å². The minimum atomic E-state index is -0.824. The normalized spacial score (nSPS) is 31.1. The predicted molar refractivity (Wildman–Crippen MR) is 73.6 cm³/mol. The molecule has 1 unspecified atom stereocenters. The molecule has 2 heterocycles. The van der Waals surface area contributed by atoms with E-state index < -0.39 is 12.1 Å². The summed E-state index contributed by atoms with van der Waals surface area (Å²) in [6.45, 7) is 2.15. The van der Waals surface area contributed by atoms with Gasteiger partial charge < -0.3 is 4.74 Å². The molecule has 1 fully saturated rings. The van der Waals surface area contributed by atoms with Crippen LogP contribution < -0.4 is 0 Å². The molecule has 0 aromatic heterocycles. The van der Waals surface area contributed by atoms with Gasteiger partial charge in [0.2, 0.25) is 12.1 Å². The second-order valence-electron chi connectivity index (χ2n) is 5.25. The zero-order chi connectivity index (χ0) is 13.6. The van der Waals surface area contributed by atoms with Crippen molar-refractivity contribution in [1.82, 2.24) is 0 Å². The van der Waals surface area contributed by atoms with Crippen LogP contribution in [0.2, 0.25) is 0 Å². The first-order valence-corrected chi connectivity index (χ1v) is 7.02. The zero-order valence-electron chi connectivity index (χ0n) is 11.3. The standard InChI is InChI=1S/C17H16O3/c1-2-15-13-10-6-7-11-14(13)16-18-17(15,20-19-16)12-8-4-3-5-9-12/h3-11,15-16H,2H2,1H3/t15?,16-,17+/m0/s1. The van der Waals surface area contributed by atoms with E-state index in [0.717, 1.165) is 17.5 Å². The van der Waals surface area contributed by atoms with Gasteiger partial charge in [-0.15, -0.1) is 0 Å². The van der Waals surface area contributed by atoms with Crippen LogP contribution in [0.5, 0.6) is 0 Å². The first-order valence-electron chi connectivity index (χ1n) is 7.02. The average Bonchev–Trinajstić information content (AvgIpc) is 2.91. The van der Waals surface area contributed by atoms with Crippen molar-refractivity contribution < 1.29 is 14.5 Å². The molecule has 0 radical (unpaired) electrons. The van der Waals surface area contributed by atoms with Crippen LogP contribution >= 0.6 is 0 Å². The monoisotopic (exact) mass is 268 g/mol. The summed E-state index contributed by atoms with van der Waals surface area (Å²) in [7, 11) is 0. The van der Waals surface area contributed by atoms with Crippen LogP contribution in [0.4, 0.5) is 0 Å². The molecule has 2 aromatic carbocycles. The van der Waals surface area contributed by atoms with Crippen LogP contribution in [0.1, 0.15) is 42.2 Å². The number of ether oxygens (including phenoxy) is 1. The smallest absolute Gasteiger partial charge is 0.237 e. The average molecular weight is 268 g/mol. The Morgan fingerprint density at radius 1 is 0.950 bits per heavy atom. The Morgan fingerprint density at radius 3 is 2.40 bits per heavy atom. The van der Waals surface area contributed by atoms with Gasteiger partial charge >= 0.3 is 0 Å². The van der Waals surface area contributed by atoms with Gasteiger partial charge in [-0.05, 0) is 12.0 Å². The van der Waals surface area contributed by atoms with Gasteiger partial charge in [-0.2, -0.15) is 9.78 Å². The minimum Gasteiger partial charge on any atom is -0.306 e. The molecular formula is C17H16O3. The van der Waals surface area contributed by atoms with Crippen LogP contribution in [-0.4, -0.2) is 0 Å². The fourth-order valence-electron chi connectivity index (χ4n) is 3.29. The van der Waals surface area contributed by atoms with Crippen LogP contribution in [0, 0.1) is 0 Å². The number of benzene rings is 2. The Hall–Kier alpha value is -1.68. The van der Waals surface area contributed by atoms with Crippen molar-refractivity contribution in [3.05, 3.63) is 71.3 Å². The summed E-state index contributed by atoms with van der Waals surface area (Å²) in [5, 5.41) is 0. The molecule has 0 aliphatic carbocycles. The lowest BCUT2D eigenvalue weighted by molar-refractivity contribution is -0.341. The van der Waals surface area contributed by atoms with Gasteiger partial charge in [-0.25, -0.2) is 0 Å². The van der Waals surface area contributed by atoms with Crippen LogP contribution in [0.3, 0.4) is 0 Å². The summed E-state index contributed by atoms with van der Waals surface area (Å²) in [5.41, 5.74) is 3.33. The van der Waals surface area contributed by atoms with E-state index in [9.17, 15) is 0 Å². The van der Waals surface area contributed by atoms with E-state index in [0.29, 0.717) is 0 Å². The third-order valence-electron chi connectivity index (χ3n) is 4.21. The van der Waals surface area contributed by atoms with E-state index >= 15 is 0 Å². The SMILES string of the molecule is CCC1c2ccccc2[C@@H]2OO[C@@]1(c1ccccc1)O2. The summed E-state index contributed by atoms with van der Waals surface area (Å²) in [6.07, 6.45) is 0.483. The van der Waals surface area contributed by atoms with Gasteiger partial charge in [0.25, 0.3) is 0 Å². The highest BCUT2D eigenvalue weighted by atomic mass is 17.3. The molecule has 2 bridgehead atoms. The maximum atomic E-state index is 6.16. The number of fused-ring (bicyclic) bond motifs is 4. The second kappa shape index (κ2) is 4.42. The highest BCUT2D eigenvalue weighted by Gasteiger charge is 2.56. The van der Waals surface area contributed by atoms with Crippen molar-refractivity contribution in [3.63, 3.8) is 0 Å². The topological polar surface area (TPSA) is 27.7 Å². The molecule has 3 nitrogen and oxygen atoms in total. The number of rotatable bonds is 2. The van der Waals surface area contributed by atoms with Gasteiger partial charge in [0.05, 0.1) is 0 Å². The van der Waals surface area contributed by atoms with Crippen molar-refractivity contribution in [2.75, 3.05) is 0 Å². The van der Waals surface area contributed by atoms with E-state index in [2.05, 4.69) is 19.1 Å². The van der Waals surface area contributed by atoms with Crippen LogP contribution in [0.15, 0.2) is 54.6 Å². The van der Waals surface area contributed by atoms with E-state index in [1.807, 2.05) is 42.5 Å². The van der Waals surface area contributed by atoms with E-state index in [1.165, 1.54) is 5.56 Å². The van der Waals surface area contributed by atoms with Gasteiger partial charge in [-0.3, -0.25) is 0 Å². The Labute approximate surface area is 118 Å². The molecule has 0 N–H and O–H groups in total. The molecule has 1 saturated heterocycles. The molecule has 20 heavy (non-hydrogen) atoms. The zero-order valence-corrected chi connectivity index (χ0v) is 11.3. The quantitative estimate of drug-likeness (QED) is 0.770. The third-order valence-corrected chi connectivity index (χ3v) is 4.21. The highest BCUT2D eigenvalue weighted by molar-refractivity contribution is 5.39. The summed E-state index contributed by atoms with van der Waals surface area (Å²) < 4.78 is 6.16. The third kappa shape index (κ3) is 1.51. The fourth-order valence-corrected chi connectivity index (χ4v) is 3.29. The maximum Gasteiger partial charge on any atom is 0.237 e. The molecule has 3 atom stereocenters. The van der Waals surface area contributed by atoms with Crippen molar-refractivity contribution in [2.24, 2.45) is 0 Å². The van der Waals surface area contributed by atoms with Gasteiger partial charge in [0, 0.05) is 17.0 Å². The lowest BCUT2D eigenvalue weighted by Gasteiger charge is -2.37. The van der Waals surface area contributed by atoms with Crippen molar-refractivity contribution in [2.45, 2.75) is 31.3 Å². The molecule has 102 valence electrons. The maximum absolute atomic E-state index is 6.16. The predicted octanol–water partition coefficient (Wildman–Crippen LogP) is 4.02. The molecule has 2 aliphatic heterocycles. The molecule has 2 aliphatic rings. The van der Waals surface area contributed by atoms with Crippen LogP contribution in [-0.2, 0) is 20.3 Å². The number of hydrogen-bond donors (Lipinski definition) is 0. The largest absolute Gasteiger partial charge is 0.306 e.